The molecule has 1 spiro atoms. The third kappa shape index (κ3) is 2.58. The van der Waals surface area contributed by atoms with Crippen molar-refractivity contribution >= 4 is 11.8 Å². The van der Waals surface area contributed by atoms with Gasteiger partial charge < -0.3 is 9.47 Å². The van der Waals surface area contributed by atoms with Crippen molar-refractivity contribution < 1.29 is 19.2 Å². The standard InChI is InChI=1S/C19H32O4S/c1-5-6-11-24-16-13(3)15-8-7-12(2)14-9-10-18(4)21-17(20-16)19(14,15)23-22-18/h12-17H,5-11H2,1-4H3/t12-,13-,14+,15+,16-,17-,18-,19-/m1/s1. The first kappa shape index (κ1) is 17.6. The number of fused-ring (bicyclic) bond motifs is 2. The van der Waals surface area contributed by atoms with E-state index in [-0.39, 0.29) is 11.7 Å². The van der Waals surface area contributed by atoms with Crippen LogP contribution in [-0.4, -0.2) is 28.9 Å². The number of hydrogen-bond donors (Lipinski definition) is 0. The Morgan fingerprint density at radius 3 is 2.71 bits per heavy atom. The Morgan fingerprint density at radius 2 is 1.92 bits per heavy atom. The molecule has 0 amide bonds. The van der Waals surface area contributed by atoms with Crippen molar-refractivity contribution in [3.05, 3.63) is 0 Å². The molecule has 5 heteroatoms. The van der Waals surface area contributed by atoms with Gasteiger partial charge in [0.2, 0.25) is 5.79 Å². The Balaban J connectivity index is 1.64. The minimum Gasteiger partial charge on any atom is -0.335 e. The van der Waals surface area contributed by atoms with E-state index in [1.807, 2.05) is 18.7 Å². The summed E-state index contributed by atoms with van der Waals surface area (Å²) in [5.41, 5.74) is -0.202. The molecule has 0 aromatic carbocycles. The Labute approximate surface area is 150 Å². The van der Waals surface area contributed by atoms with Gasteiger partial charge in [-0.15, -0.1) is 11.8 Å². The van der Waals surface area contributed by atoms with Gasteiger partial charge in [-0.2, -0.15) is 0 Å². The lowest BCUT2D eigenvalue weighted by molar-refractivity contribution is -0.568. The molecular weight excluding hydrogens is 324 g/mol. The second-order valence-corrected chi connectivity index (χ2v) is 9.70. The summed E-state index contributed by atoms with van der Waals surface area (Å²) in [6, 6.07) is 0. The maximum absolute atomic E-state index is 6.54. The number of ether oxygens (including phenoxy) is 2. The molecule has 0 N–H and O–H groups in total. The van der Waals surface area contributed by atoms with Crippen LogP contribution in [0.1, 0.15) is 66.2 Å². The average molecular weight is 357 g/mol. The fourth-order valence-corrected chi connectivity index (χ4v) is 6.77. The third-order valence-corrected chi connectivity index (χ3v) is 8.27. The molecule has 0 unspecified atom stereocenters. The van der Waals surface area contributed by atoms with Crippen LogP contribution in [-0.2, 0) is 19.2 Å². The molecule has 5 rings (SSSR count). The van der Waals surface area contributed by atoms with Gasteiger partial charge in [-0.05, 0) is 56.1 Å². The summed E-state index contributed by atoms with van der Waals surface area (Å²) in [7, 11) is 0. The average Bonchev–Trinajstić information content (AvgIpc) is 2.78. The van der Waals surface area contributed by atoms with Crippen molar-refractivity contribution in [2.45, 2.75) is 89.3 Å². The zero-order chi connectivity index (χ0) is 16.9. The summed E-state index contributed by atoms with van der Waals surface area (Å²) < 4.78 is 12.9. The molecule has 8 atom stereocenters. The van der Waals surface area contributed by atoms with Crippen molar-refractivity contribution in [3.8, 4) is 0 Å². The molecule has 5 fully saturated rings. The van der Waals surface area contributed by atoms with Gasteiger partial charge in [0.15, 0.2) is 11.9 Å². The van der Waals surface area contributed by atoms with Gasteiger partial charge in [-0.1, -0.05) is 27.2 Å². The van der Waals surface area contributed by atoms with E-state index in [4.69, 9.17) is 19.2 Å². The number of hydrogen-bond acceptors (Lipinski definition) is 5. The highest BCUT2D eigenvalue weighted by molar-refractivity contribution is 7.99. The second kappa shape index (κ2) is 6.41. The van der Waals surface area contributed by atoms with Crippen LogP contribution in [0.25, 0.3) is 0 Å². The van der Waals surface area contributed by atoms with Crippen LogP contribution >= 0.6 is 11.8 Å². The lowest BCUT2D eigenvalue weighted by Crippen LogP contribution is -2.70. The molecule has 138 valence electrons. The van der Waals surface area contributed by atoms with Gasteiger partial charge in [-0.25, -0.2) is 9.78 Å². The molecule has 4 heterocycles. The Morgan fingerprint density at radius 1 is 1.08 bits per heavy atom. The molecule has 5 aliphatic rings. The van der Waals surface area contributed by atoms with Crippen molar-refractivity contribution in [3.63, 3.8) is 0 Å². The van der Waals surface area contributed by atoms with Crippen LogP contribution in [0.3, 0.4) is 0 Å². The smallest absolute Gasteiger partial charge is 0.201 e. The van der Waals surface area contributed by atoms with E-state index in [1.54, 1.807) is 0 Å². The van der Waals surface area contributed by atoms with Crippen LogP contribution in [0.2, 0.25) is 0 Å². The summed E-state index contributed by atoms with van der Waals surface area (Å²) >= 11 is 1.96. The van der Waals surface area contributed by atoms with Crippen molar-refractivity contribution in [2.24, 2.45) is 23.7 Å². The van der Waals surface area contributed by atoms with Gasteiger partial charge >= 0.3 is 0 Å². The Bertz CT molecular complexity index is 474. The maximum atomic E-state index is 6.54. The zero-order valence-corrected chi connectivity index (χ0v) is 16.3. The van der Waals surface area contributed by atoms with Gasteiger partial charge in [0.1, 0.15) is 5.44 Å². The minimum atomic E-state index is -0.656. The fraction of sp³-hybridized carbons (Fsp3) is 1.00. The Hall–Kier alpha value is 0.190. The van der Waals surface area contributed by atoms with Crippen LogP contribution in [0, 0.1) is 23.7 Å². The number of thioether (sulfide) groups is 1. The molecule has 1 saturated carbocycles. The molecule has 4 aliphatic heterocycles. The molecule has 4 saturated heterocycles. The van der Waals surface area contributed by atoms with E-state index in [9.17, 15) is 0 Å². The van der Waals surface area contributed by atoms with Gasteiger partial charge in [0.05, 0.1) is 0 Å². The van der Waals surface area contributed by atoms with Crippen LogP contribution in [0.5, 0.6) is 0 Å². The molecule has 2 bridgehead atoms. The summed E-state index contributed by atoms with van der Waals surface area (Å²) in [5.74, 6) is 2.53. The fourth-order valence-electron chi connectivity index (χ4n) is 5.41. The lowest BCUT2D eigenvalue weighted by atomic mass is 9.58. The van der Waals surface area contributed by atoms with Crippen LogP contribution in [0.15, 0.2) is 0 Å². The highest BCUT2D eigenvalue weighted by Crippen LogP contribution is 2.61. The van der Waals surface area contributed by atoms with Crippen molar-refractivity contribution in [1.82, 2.24) is 0 Å². The molecule has 24 heavy (non-hydrogen) atoms. The van der Waals surface area contributed by atoms with Gasteiger partial charge in [0.25, 0.3) is 0 Å². The van der Waals surface area contributed by atoms with Gasteiger partial charge in [0, 0.05) is 12.3 Å². The monoisotopic (exact) mass is 356 g/mol. The van der Waals surface area contributed by atoms with Gasteiger partial charge in [-0.3, -0.25) is 0 Å². The first-order chi connectivity index (χ1) is 11.5. The molecule has 4 nitrogen and oxygen atoms in total. The SMILES string of the molecule is CCCCS[C@H]1O[C@@H]2O[C@@]3(C)CC[C@H]4[C@H](C)CC[C@@H]([C@H]1C)[C@@]24OO3. The number of rotatable bonds is 4. The maximum Gasteiger partial charge on any atom is 0.201 e. The largest absolute Gasteiger partial charge is 0.335 e. The van der Waals surface area contributed by atoms with E-state index >= 15 is 0 Å². The Kier molecular flexibility index (Phi) is 4.70. The van der Waals surface area contributed by atoms with Crippen molar-refractivity contribution in [1.29, 1.82) is 0 Å². The predicted octanol–water partition coefficient (Wildman–Crippen LogP) is 4.73. The number of unbranched alkanes of at least 4 members (excludes halogenated alkanes) is 1. The minimum absolute atomic E-state index is 0.206. The third-order valence-electron chi connectivity index (χ3n) is 6.88. The molecular formula is C19H32O4S. The highest BCUT2D eigenvalue weighted by atomic mass is 32.2. The molecule has 0 aromatic rings. The summed E-state index contributed by atoms with van der Waals surface area (Å²) in [6.45, 7) is 8.95. The predicted molar refractivity (Wildman–Crippen MR) is 94.2 cm³/mol. The molecule has 1 aliphatic carbocycles. The summed E-state index contributed by atoms with van der Waals surface area (Å²) in [6.07, 6.45) is 6.65. The summed E-state index contributed by atoms with van der Waals surface area (Å²) in [5, 5.41) is 0. The van der Waals surface area contributed by atoms with Crippen LogP contribution in [0.4, 0.5) is 0 Å². The van der Waals surface area contributed by atoms with E-state index in [2.05, 4.69) is 20.8 Å². The normalized spacial score (nSPS) is 53.5. The first-order valence-corrected chi connectivity index (χ1v) is 10.9. The summed E-state index contributed by atoms with van der Waals surface area (Å²) in [4.78, 5) is 12.0. The quantitative estimate of drug-likeness (QED) is 0.538. The van der Waals surface area contributed by atoms with Crippen molar-refractivity contribution in [2.75, 3.05) is 5.75 Å². The van der Waals surface area contributed by atoms with E-state index in [1.165, 1.54) is 25.7 Å². The topological polar surface area (TPSA) is 36.9 Å². The zero-order valence-electron chi connectivity index (χ0n) is 15.5. The molecule has 0 aromatic heterocycles. The molecule has 0 radical (unpaired) electrons. The van der Waals surface area contributed by atoms with E-state index in [0.29, 0.717) is 23.7 Å². The van der Waals surface area contributed by atoms with E-state index in [0.717, 1.165) is 18.6 Å². The van der Waals surface area contributed by atoms with E-state index < -0.39 is 11.4 Å². The lowest BCUT2D eigenvalue weighted by Gasteiger charge is -2.60. The highest BCUT2D eigenvalue weighted by Gasteiger charge is 2.69. The second-order valence-electron chi connectivity index (χ2n) is 8.50. The first-order valence-electron chi connectivity index (χ1n) is 9.82. The van der Waals surface area contributed by atoms with Crippen LogP contribution < -0.4 is 0 Å².